The normalized spacial score (nSPS) is 10.5. The molecule has 0 aliphatic heterocycles. The molecular formula is C21H17N5O3. The standard InChI is InChI=1S/C21H17N5O3/c1-22-20(28)18-12-15(9-10-23-18)29-14-6-4-5-13(11-14)19(27)26-21-24-16-7-2-3-8-17(16)25-21/h2-12H,1H3,(H,22,28)(H2,24,25,26,27). The Morgan fingerprint density at radius 2 is 1.79 bits per heavy atom. The topological polar surface area (TPSA) is 109 Å². The third-order valence-electron chi connectivity index (χ3n) is 4.14. The van der Waals surface area contributed by atoms with Crippen molar-refractivity contribution in [2.75, 3.05) is 12.4 Å². The number of hydrogen-bond donors (Lipinski definition) is 3. The summed E-state index contributed by atoms with van der Waals surface area (Å²) in [6.07, 6.45) is 1.48. The second kappa shape index (κ2) is 7.81. The van der Waals surface area contributed by atoms with Crippen LogP contribution in [0.1, 0.15) is 20.8 Å². The van der Waals surface area contributed by atoms with Crippen LogP contribution in [0.4, 0.5) is 5.95 Å². The Labute approximate surface area is 166 Å². The summed E-state index contributed by atoms with van der Waals surface area (Å²) in [5.41, 5.74) is 2.25. The third kappa shape index (κ3) is 4.06. The molecule has 144 valence electrons. The number of carbonyl (C=O) groups excluding carboxylic acids is 2. The molecule has 2 heterocycles. The van der Waals surface area contributed by atoms with E-state index in [1.54, 1.807) is 30.3 Å². The largest absolute Gasteiger partial charge is 0.457 e. The molecular weight excluding hydrogens is 370 g/mol. The number of amides is 2. The summed E-state index contributed by atoms with van der Waals surface area (Å²) in [7, 11) is 1.53. The van der Waals surface area contributed by atoms with Gasteiger partial charge >= 0.3 is 0 Å². The van der Waals surface area contributed by atoms with Gasteiger partial charge in [-0.1, -0.05) is 18.2 Å². The molecule has 8 heteroatoms. The SMILES string of the molecule is CNC(=O)c1cc(Oc2cccc(C(=O)Nc3nc4ccccc4[nH]3)c2)ccn1. The van der Waals surface area contributed by atoms with Gasteiger partial charge in [-0.15, -0.1) is 0 Å². The number of ether oxygens (including phenoxy) is 1. The van der Waals surface area contributed by atoms with Crippen LogP contribution in [-0.4, -0.2) is 33.8 Å². The molecule has 2 aromatic carbocycles. The zero-order valence-corrected chi connectivity index (χ0v) is 15.5. The molecule has 0 atom stereocenters. The van der Waals surface area contributed by atoms with Crippen molar-refractivity contribution in [3.63, 3.8) is 0 Å². The lowest BCUT2D eigenvalue weighted by atomic mass is 10.2. The second-order valence-electron chi connectivity index (χ2n) is 6.14. The first-order chi connectivity index (χ1) is 14.1. The van der Waals surface area contributed by atoms with E-state index in [1.807, 2.05) is 24.3 Å². The molecule has 4 rings (SSSR count). The number of anilines is 1. The number of nitrogens with zero attached hydrogens (tertiary/aromatic N) is 2. The van der Waals surface area contributed by atoms with Crippen molar-refractivity contribution in [1.82, 2.24) is 20.3 Å². The van der Waals surface area contributed by atoms with Gasteiger partial charge in [0.2, 0.25) is 5.95 Å². The maximum atomic E-state index is 12.6. The third-order valence-corrected chi connectivity index (χ3v) is 4.14. The van der Waals surface area contributed by atoms with E-state index in [0.29, 0.717) is 23.0 Å². The van der Waals surface area contributed by atoms with Crippen molar-refractivity contribution in [2.45, 2.75) is 0 Å². The van der Waals surface area contributed by atoms with Gasteiger partial charge in [-0.05, 0) is 36.4 Å². The molecule has 0 bridgehead atoms. The maximum Gasteiger partial charge on any atom is 0.269 e. The summed E-state index contributed by atoms with van der Waals surface area (Å²) in [6.45, 7) is 0. The summed E-state index contributed by atoms with van der Waals surface area (Å²) in [6, 6.07) is 17.4. The van der Waals surface area contributed by atoms with Crippen LogP contribution in [0.2, 0.25) is 0 Å². The van der Waals surface area contributed by atoms with Gasteiger partial charge in [0, 0.05) is 24.9 Å². The number of hydrogen-bond acceptors (Lipinski definition) is 5. The molecule has 0 radical (unpaired) electrons. The van der Waals surface area contributed by atoms with E-state index >= 15 is 0 Å². The van der Waals surface area contributed by atoms with Crippen LogP contribution < -0.4 is 15.4 Å². The van der Waals surface area contributed by atoms with Gasteiger partial charge in [-0.2, -0.15) is 0 Å². The number of carbonyl (C=O) groups is 2. The first-order valence-electron chi connectivity index (χ1n) is 8.84. The molecule has 0 unspecified atom stereocenters. The molecule has 0 aliphatic rings. The molecule has 2 amide bonds. The summed E-state index contributed by atoms with van der Waals surface area (Å²) in [5, 5.41) is 5.26. The molecule has 0 aliphatic carbocycles. The van der Waals surface area contributed by atoms with Gasteiger partial charge in [-0.25, -0.2) is 4.98 Å². The number of H-pyrrole nitrogens is 1. The number of benzene rings is 2. The molecule has 29 heavy (non-hydrogen) atoms. The summed E-state index contributed by atoms with van der Waals surface area (Å²) >= 11 is 0. The van der Waals surface area contributed by atoms with Crippen LogP contribution in [0, 0.1) is 0 Å². The smallest absolute Gasteiger partial charge is 0.269 e. The highest BCUT2D eigenvalue weighted by Crippen LogP contribution is 2.23. The molecule has 0 fully saturated rings. The zero-order chi connectivity index (χ0) is 20.2. The number of fused-ring (bicyclic) bond motifs is 1. The van der Waals surface area contributed by atoms with Crippen LogP contribution in [0.5, 0.6) is 11.5 Å². The van der Waals surface area contributed by atoms with Gasteiger partial charge in [0.05, 0.1) is 11.0 Å². The number of imidazole rings is 1. The molecule has 3 N–H and O–H groups in total. The van der Waals surface area contributed by atoms with Crippen molar-refractivity contribution in [1.29, 1.82) is 0 Å². The van der Waals surface area contributed by atoms with E-state index in [0.717, 1.165) is 11.0 Å². The average molecular weight is 387 g/mol. The quantitative estimate of drug-likeness (QED) is 0.486. The molecule has 4 aromatic rings. The second-order valence-corrected chi connectivity index (χ2v) is 6.14. The highest BCUT2D eigenvalue weighted by molar-refractivity contribution is 6.04. The van der Waals surface area contributed by atoms with Crippen molar-refractivity contribution < 1.29 is 14.3 Å². The molecule has 2 aromatic heterocycles. The lowest BCUT2D eigenvalue weighted by molar-refractivity contribution is 0.0957. The molecule has 0 saturated heterocycles. The fraction of sp³-hybridized carbons (Fsp3) is 0.0476. The fourth-order valence-corrected chi connectivity index (χ4v) is 2.76. The predicted molar refractivity (Wildman–Crippen MR) is 108 cm³/mol. The van der Waals surface area contributed by atoms with Crippen molar-refractivity contribution in [2.24, 2.45) is 0 Å². The number of para-hydroxylation sites is 2. The van der Waals surface area contributed by atoms with E-state index in [9.17, 15) is 9.59 Å². The minimum Gasteiger partial charge on any atom is -0.457 e. The van der Waals surface area contributed by atoms with Gasteiger partial charge in [0.25, 0.3) is 11.8 Å². The van der Waals surface area contributed by atoms with Crippen LogP contribution in [-0.2, 0) is 0 Å². The lowest BCUT2D eigenvalue weighted by Crippen LogP contribution is -2.18. The van der Waals surface area contributed by atoms with Gasteiger partial charge in [-0.3, -0.25) is 19.9 Å². The Kier molecular flexibility index (Phi) is 4.90. The Bertz CT molecular complexity index is 1170. The van der Waals surface area contributed by atoms with E-state index in [2.05, 4.69) is 25.6 Å². The van der Waals surface area contributed by atoms with Crippen molar-refractivity contribution in [3.8, 4) is 11.5 Å². The zero-order valence-electron chi connectivity index (χ0n) is 15.5. The number of nitrogens with one attached hydrogen (secondary N) is 3. The van der Waals surface area contributed by atoms with E-state index in [1.165, 1.54) is 19.3 Å². The molecule has 0 spiro atoms. The predicted octanol–water partition coefficient (Wildman–Crippen LogP) is 3.36. The minimum atomic E-state index is -0.324. The van der Waals surface area contributed by atoms with Gasteiger partial charge < -0.3 is 15.0 Å². The number of aromatic amines is 1. The lowest BCUT2D eigenvalue weighted by Gasteiger charge is -2.08. The van der Waals surface area contributed by atoms with Gasteiger partial charge in [0.15, 0.2) is 0 Å². The first kappa shape index (κ1) is 18.2. The van der Waals surface area contributed by atoms with E-state index in [-0.39, 0.29) is 17.5 Å². The fourth-order valence-electron chi connectivity index (χ4n) is 2.76. The van der Waals surface area contributed by atoms with E-state index in [4.69, 9.17) is 4.74 Å². The van der Waals surface area contributed by atoms with Gasteiger partial charge in [0.1, 0.15) is 17.2 Å². The maximum absolute atomic E-state index is 12.6. The summed E-state index contributed by atoms with van der Waals surface area (Å²) < 4.78 is 5.78. The molecule has 8 nitrogen and oxygen atoms in total. The Morgan fingerprint density at radius 3 is 2.62 bits per heavy atom. The highest BCUT2D eigenvalue weighted by Gasteiger charge is 2.11. The Morgan fingerprint density at radius 1 is 0.966 bits per heavy atom. The summed E-state index contributed by atoms with van der Waals surface area (Å²) in [4.78, 5) is 35.7. The average Bonchev–Trinajstić information content (AvgIpc) is 3.16. The van der Waals surface area contributed by atoms with Crippen LogP contribution in [0.25, 0.3) is 11.0 Å². The Balaban J connectivity index is 1.51. The van der Waals surface area contributed by atoms with Crippen molar-refractivity contribution in [3.05, 3.63) is 78.1 Å². The van der Waals surface area contributed by atoms with Crippen LogP contribution in [0.3, 0.4) is 0 Å². The number of aromatic nitrogens is 3. The van der Waals surface area contributed by atoms with Crippen LogP contribution in [0.15, 0.2) is 66.9 Å². The van der Waals surface area contributed by atoms with Crippen LogP contribution >= 0.6 is 0 Å². The van der Waals surface area contributed by atoms with Crippen molar-refractivity contribution >= 4 is 28.8 Å². The first-order valence-corrected chi connectivity index (χ1v) is 8.84. The molecule has 0 saturated carbocycles. The van der Waals surface area contributed by atoms with E-state index < -0.39 is 0 Å². The number of rotatable bonds is 5. The monoisotopic (exact) mass is 387 g/mol. The highest BCUT2D eigenvalue weighted by atomic mass is 16.5. The minimum absolute atomic E-state index is 0.240. The Hall–Kier alpha value is -4.20. The number of pyridine rings is 1. The summed E-state index contributed by atoms with van der Waals surface area (Å²) in [5.74, 6) is 0.626.